The third-order valence-corrected chi connectivity index (χ3v) is 4.52. The number of phenolic OH excluding ortho intramolecular Hbond substituents is 1. The number of aromatic hydroxyl groups is 1. The van der Waals surface area contributed by atoms with E-state index in [0.717, 1.165) is 46.9 Å². The Morgan fingerprint density at radius 1 is 1.36 bits per heavy atom. The van der Waals surface area contributed by atoms with Crippen molar-refractivity contribution in [2.75, 3.05) is 7.11 Å². The summed E-state index contributed by atoms with van der Waals surface area (Å²) >= 11 is 3.45. The Morgan fingerprint density at radius 2 is 2.14 bits per heavy atom. The van der Waals surface area contributed by atoms with Gasteiger partial charge in [0.25, 0.3) is 0 Å². The molecule has 1 aliphatic carbocycles. The molecule has 0 saturated carbocycles. The topological polar surface area (TPSA) is 46.5 Å². The molecule has 0 heterocycles. The third kappa shape index (κ3) is 3.80. The molecule has 0 bridgehead atoms. The van der Waals surface area contributed by atoms with Gasteiger partial charge in [0.1, 0.15) is 0 Å². The highest BCUT2D eigenvalue weighted by molar-refractivity contribution is 9.10. The van der Waals surface area contributed by atoms with Crippen molar-refractivity contribution in [2.45, 2.75) is 39.0 Å². The van der Waals surface area contributed by atoms with E-state index in [4.69, 9.17) is 4.74 Å². The second kappa shape index (κ2) is 7.63. The fraction of sp³-hybridized carbons (Fsp3) is 0.389. The zero-order chi connectivity index (χ0) is 16.1. The molecule has 0 amide bonds. The Morgan fingerprint density at radius 3 is 2.82 bits per heavy atom. The maximum Gasteiger partial charge on any atom is 0.185 e. The van der Waals surface area contributed by atoms with E-state index in [1.165, 1.54) is 7.11 Å². The number of methoxy groups -OCH3 is 1. The molecule has 118 valence electrons. The van der Waals surface area contributed by atoms with Gasteiger partial charge in [-0.05, 0) is 48.6 Å². The molecule has 0 fully saturated rings. The SMILES string of the molecule is CCCCCC1=CC/C(=C\c2cc(O)c(OC)cc2Br)C1=O. The van der Waals surface area contributed by atoms with Crippen LogP contribution in [0.1, 0.15) is 44.6 Å². The van der Waals surface area contributed by atoms with E-state index in [1.807, 2.05) is 12.2 Å². The van der Waals surface area contributed by atoms with E-state index in [1.54, 1.807) is 12.1 Å². The monoisotopic (exact) mass is 364 g/mol. The predicted octanol–water partition coefficient (Wildman–Crippen LogP) is 5.03. The van der Waals surface area contributed by atoms with E-state index in [2.05, 4.69) is 22.9 Å². The van der Waals surface area contributed by atoms with E-state index in [-0.39, 0.29) is 11.5 Å². The lowest BCUT2D eigenvalue weighted by molar-refractivity contribution is -0.112. The molecule has 4 heteroatoms. The minimum absolute atomic E-state index is 0.0686. The largest absolute Gasteiger partial charge is 0.504 e. The van der Waals surface area contributed by atoms with Gasteiger partial charge in [0.05, 0.1) is 7.11 Å². The Labute approximate surface area is 139 Å². The number of carbonyl (C=O) groups excluding carboxylic acids is 1. The highest BCUT2D eigenvalue weighted by Gasteiger charge is 2.20. The normalized spacial score (nSPS) is 16.2. The standard InChI is InChI=1S/C18H21BrO3/c1-3-4-5-6-12-7-8-13(18(12)21)9-14-10-16(20)17(22-2)11-15(14)19/h7,9-11,20H,3-6,8H2,1-2H3/b13-9+. The number of unbranched alkanes of at least 4 members (excludes halogenated alkanes) is 2. The summed E-state index contributed by atoms with van der Waals surface area (Å²) in [6.45, 7) is 2.16. The molecule has 22 heavy (non-hydrogen) atoms. The lowest BCUT2D eigenvalue weighted by Gasteiger charge is -2.07. The lowest BCUT2D eigenvalue weighted by Crippen LogP contribution is -1.99. The number of hydrogen-bond donors (Lipinski definition) is 1. The summed E-state index contributed by atoms with van der Waals surface area (Å²) in [6.07, 6.45) is 8.77. The minimum atomic E-state index is 0.0686. The number of ether oxygens (including phenoxy) is 1. The first-order valence-corrected chi connectivity index (χ1v) is 8.37. The maximum atomic E-state index is 12.4. The van der Waals surface area contributed by atoms with Crippen LogP contribution < -0.4 is 4.74 Å². The molecule has 0 saturated heterocycles. The highest BCUT2D eigenvalue weighted by atomic mass is 79.9. The first kappa shape index (κ1) is 16.8. The van der Waals surface area contributed by atoms with Gasteiger partial charge >= 0.3 is 0 Å². The van der Waals surface area contributed by atoms with E-state index < -0.39 is 0 Å². The average molecular weight is 365 g/mol. The van der Waals surface area contributed by atoms with Crippen molar-refractivity contribution < 1.29 is 14.6 Å². The van der Waals surface area contributed by atoms with Crippen LogP contribution in [-0.4, -0.2) is 18.0 Å². The molecule has 0 aliphatic heterocycles. The molecule has 3 nitrogen and oxygen atoms in total. The number of benzene rings is 1. The molecule has 0 atom stereocenters. The van der Waals surface area contributed by atoms with Crippen molar-refractivity contribution >= 4 is 27.8 Å². The predicted molar refractivity (Wildman–Crippen MR) is 92.2 cm³/mol. The van der Waals surface area contributed by atoms with Gasteiger partial charge in [-0.15, -0.1) is 0 Å². The Bertz CT molecular complexity index is 629. The van der Waals surface area contributed by atoms with Crippen LogP contribution in [0.5, 0.6) is 11.5 Å². The van der Waals surface area contributed by atoms with Crippen molar-refractivity contribution in [3.63, 3.8) is 0 Å². The molecule has 0 aromatic heterocycles. The summed E-state index contributed by atoms with van der Waals surface area (Å²) in [5.41, 5.74) is 2.48. The Kier molecular flexibility index (Phi) is 5.83. The third-order valence-electron chi connectivity index (χ3n) is 3.83. The molecule has 0 spiro atoms. The zero-order valence-electron chi connectivity index (χ0n) is 13.0. The number of hydrogen-bond acceptors (Lipinski definition) is 3. The highest BCUT2D eigenvalue weighted by Crippen LogP contribution is 2.35. The number of halogens is 1. The lowest BCUT2D eigenvalue weighted by atomic mass is 10.0. The number of carbonyl (C=O) groups is 1. The van der Waals surface area contributed by atoms with Crippen LogP contribution in [0.3, 0.4) is 0 Å². The fourth-order valence-electron chi connectivity index (χ4n) is 2.55. The average Bonchev–Trinajstić information content (AvgIpc) is 2.84. The number of rotatable bonds is 6. The maximum absolute atomic E-state index is 12.4. The summed E-state index contributed by atoms with van der Waals surface area (Å²) in [6, 6.07) is 3.31. The van der Waals surface area contributed by atoms with Gasteiger partial charge in [-0.25, -0.2) is 0 Å². The fourth-order valence-corrected chi connectivity index (χ4v) is 2.99. The van der Waals surface area contributed by atoms with E-state index >= 15 is 0 Å². The number of allylic oxidation sites excluding steroid dienone is 3. The van der Waals surface area contributed by atoms with Gasteiger partial charge in [-0.3, -0.25) is 4.79 Å². The quantitative estimate of drug-likeness (QED) is 0.568. The molecule has 1 N–H and O–H groups in total. The van der Waals surface area contributed by atoms with Crippen LogP contribution in [0.15, 0.2) is 33.8 Å². The molecule has 1 aliphatic rings. The van der Waals surface area contributed by atoms with Gasteiger partial charge in [0.15, 0.2) is 17.3 Å². The molecule has 0 unspecified atom stereocenters. The van der Waals surface area contributed by atoms with Gasteiger partial charge in [0, 0.05) is 10.0 Å². The summed E-state index contributed by atoms with van der Waals surface area (Å²) < 4.78 is 5.86. The second-order valence-electron chi connectivity index (χ2n) is 5.43. The van der Waals surface area contributed by atoms with Gasteiger partial charge in [-0.2, -0.15) is 0 Å². The number of Topliss-reactive ketones (excluding diaryl/α,β-unsaturated/α-hetero) is 1. The Balaban J connectivity index is 2.15. The van der Waals surface area contributed by atoms with E-state index in [9.17, 15) is 9.90 Å². The molecule has 2 rings (SSSR count). The van der Waals surface area contributed by atoms with Crippen molar-refractivity contribution in [3.8, 4) is 11.5 Å². The second-order valence-corrected chi connectivity index (χ2v) is 6.29. The van der Waals surface area contributed by atoms with Gasteiger partial charge in [-0.1, -0.05) is 41.8 Å². The van der Waals surface area contributed by atoms with Crippen molar-refractivity contribution in [1.82, 2.24) is 0 Å². The molecule has 1 aromatic rings. The summed E-state index contributed by atoms with van der Waals surface area (Å²) in [4.78, 5) is 12.4. The number of phenols is 1. The van der Waals surface area contributed by atoms with Crippen LogP contribution in [0.2, 0.25) is 0 Å². The Hall–Kier alpha value is -1.55. The zero-order valence-corrected chi connectivity index (χ0v) is 14.6. The molecular formula is C18H21BrO3. The molecule has 0 radical (unpaired) electrons. The van der Waals surface area contributed by atoms with Crippen molar-refractivity contribution in [3.05, 3.63) is 39.4 Å². The first-order chi connectivity index (χ1) is 10.6. The van der Waals surface area contributed by atoms with Crippen LogP contribution >= 0.6 is 15.9 Å². The van der Waals surface area contributed by atoms with E-state index in [0.29, 0.717) is 12.2 Å². The molecular weight excluding hydrogens is 344 g/mol. The van der Waals surface area contributed by atoms with Crippen molar-refractivity contribution in [1.29, 1.82) is 0 Å². The van der Waals surface area contributed by atoms with Crippen LogP contribution in [0.4, 0.5) is 0 Å². The smallest absolute Gasteiger partial charge is 0.185 e. The first-order valence-electron chi connectivity index (χ1n) is 7.57. The van der Waals surface area contributed by atoms with Gasteiger partial charge in [0.2, 0.25) is 0 Å². The molecule has 1 aromatic carbocycles. The van der Waals surface area contributed by atoms with Gasteiger partial charge < -0.3 is 9.84 Å². The van der Waals surface area contributed by atoms with Crippen LogP contribution in [0, 0.1) is 0 Å². The van der Waals surface area contributed by atoms with Crippen molar-refractivity contribution in [2.24, 2.45) is 0 Å². The minimum Gasteiger partial charge on any atom is -0.504 e. The van der Waals surface area contributed by atoms with Crippen LogP contribution in [0.25, 0.3) is 6.08 Å². The summed E-state index contributed by atoms with van der Waals surface area (Å²) in [7, 11) is 1.51. The number of ketones is 1. The summed E-state index contributed by atoms with van der Waals surface area (Å²) in [5.74, 6) is 0.614. The summed E-state index contributed by atoms with van der Waals surface area (Å²) in [5, 5.41) is 9.88. The van der Waals surface area contributed by atoms with Crippen LogP contribution in [-0.2, 0) is 4.79 Å².